The summed E-state index contributed by atoms with van der Waals surface area (Å²) in [6, 6.07) is 15.5. The molecule has 174 valence electrons. The fourth-order valence-electron chi connectivity index (χ4n) is 3.31. The Bertz CT molecular complexity index is 1210. The lowest BCUT2D eigenvalue weighted by Gasteiger charge is -2.21. The lowest BCUT2D eigenvalue weighted by Crippen LogP contribution is -2.34. The standard InChI is InChI=1S/C23H24N2O6S2/c1-3-25(14-17-6-11-20-21(13-17)31-16-30-20)22(26)15-29-19-9-7-18(8-10-19)24(2)33(27,28)23-5-4-12-32-23/h4-13H,3,14-16H2,1-2H3. The zero-order valence-corrected chi connectivity index (χ0v) is 19.9. The Balaban J connectivity index is 1.34. The van der Waals surface area contributed by atoms with Crippen molar-refractivity contribution in [1.29, 1.82) is 0 Å². The average molecular weight is 489 g/mol. The molecule has 1 aliphatic rings. The first-order valence-electron chi connectivity index (χ1n) is 10.3. The van der Waals surface area contributed by atoms with E-state index in [2.05, 4.69) is 0 Å². The van der Waals surface area contributed by atoms with E-state index in [1.807, 2.05) is 25.1 Å². The summed E-state index contributed by atoms with van der Waals surface area (Å²) < 4.78 is 43.2. The molecule has 1 amide bonds. The van der Waals surface area contributed by atoms with Gasteiger partial charge in [0.1, 0.15) is 9.96 Å². The molecule has 1 aromatic heterocycles. The Labute approximate surface area is 197 Å². The van der Waals surface area contributed by atoms with Crippen molar-refractivity contribution in [3.63, 3.8) is 0 Å². The molecule has 2 heterocycles. The van der Waals surface area contributed by atoms with Crippen LogP contribution in [0.5, 0.6) is 17.2 Å². The average Bonchev–Trinajstić information content (AvgIpc) is 3.53. The van der Waals surface area contributed by atoms with Crippen LogP contribution in [0.2, 0.25) is 0 Å². The molecule has 0 bridgehead atoms. The molecule has 1 aliphatic heterocycles. The number of fused-ring (bicyclic) bond motifs is 1. The Morgan fingerprint density at radius 1 is 1.09 bits per heavy atom. The number of hydrogen-bond donors (Lipinski definition) is 0. The Morgan fingerprint density at radius 3 is 2.55 bits per heavy atom. The van der Waals surface area contributed by atoms with Crippen molar-refractivity contribution in [1.82, 2.24) is 4.90 Å². The highest BCUT2D eigenvalue weighted by molar-refractivity contribution is 7.94. The molecular formula is C23H24N2O6S2. The van der Waals surface area contributed by atoms with E-state index in [4.69, 9.17) is 14.2 Å². The van der Waals surface area contributed by atoms with Crippen LogP contribution in [0, 0.1) is 0 Å². The van der Waals surface area contributed by atoms with Crippen molar-refractivity contribution in [2.24, 2.45) is 0 Å². The second-order valence-corrected chi connectivity index (χ2v) is 10.4. The number of carbonyl (C=O) groups excluding carboxylic acids is 1. The fourth-order valence-corrected chi connectivity index (χ4v) is 5.67. The molecule has 0 fully saturated rings. The van der Waals surface area contributed by atoms with E-state index >= 15 is 0 Å². The zero-order valence-electron chi connectivity index (χ0n) is 18.3. The molecule has 2 aromatic carbocycles. The van der Waals surface area contributed by atoms with Gasteiger partial charge in [-0.25, -0.2) is 8.42 Å². The zero-order chi connectivity index (χ0) is 23.4. The lowest BCUT2D eigenvalue weighted by molar-refractivity contribution is -0.133. The van der Waals surface area contributed by atoms with Crippen molar-refractivity contribution in [3.05, 3.63) is 65.5 Å². The van der Waals surface area contributed by atoms with E-state index in [1.54, 1.807) is 46.7 Å². The van der Waals surface area contributed by atoms with Crippen molar-refractivity contribution in [3.8, 4) is 17.2 Å². The number of sulfonamides is 1. The highest BCUT2D eigenvalue weighted by Gasteiger charge is 2.22. The van der Waals surface area contributed by atoms with Gasteiger partial charge in [0.05, 0.1) is 5.69 Å². The summed E-state index contributed by atoms with van der Waals surface area (Å²) in [5.74, 6) is 1.71. The van der Waals surface area contributed by atoms with Crippen LogP contribution in [-0.4, -0.2) is 46.2 Å². The van der Waals surface area contributed by atoms with Gasteiger partial charge in [-0.15, -0.1) is 11.3 Å². The number of hydrogen-bond acceptors (Lipinski definition) is 7. The second-order valence-electron chi connectivity index (χ2n) is 7.28. The Morgan fingerprint density at radius 2 is 1.85 bits per heavy atom. The van der Waals surface area contributed by atoms with Gasteiger partial charge in [0.2, 0.25) is 6.79 Å². The van der Waals surface area contributed by atoms with Gasteiger partial charge in [-0.2, -0.15) is 0 Å². The van der Waals surface area contributed by atoms with Crippen LogP contribution < -0.4 is 18.5 Å². The highest BCUT2D eigenvalue weighted by atomic mass is 32.2. The number of nitrogens with zero attached hydrogens (tertiary/aromatic N) is 2. The van der Waals surface area contributed by atoms with E-state index in [-0.39, 0.29) is 23.5 Å². The van der Waals surface area contributed by atoms with Crippen LogP contribution in [-0.2, 0) is 21.4 Å². The van der Waals surface area contributed by atoms with Crippen molar-refractivity contribution in [2.75, 3.05) is 31.3 Å². The van der Waals surface area contributed by atoms with E-state index in [0.29, 0.717) is 36.0 Å². The number of likely N-dealkylation sites (N-methyl/N-ethyl adjacent to an activating group) is 1. The van der Waals surface area contributed by atoms with E-state index in [0.717, 1.165) is 5.56 Å². The molecule has 0 saturated carbocycles. The summed E-state index contributed by atoms with van der Waals surface area (Å²) in [6.45, 7) is 2.95. The number of ether oxygens (including phenoxy) is 3. The van der Waals surface area contributed by atoms with Crippen LogP contribution >= 0.6 is 11.3 Å². The third-order valence-corrected chi connectivity index (χ3v) is 8.38. The molecule has 0 N–H and O–H groups in total. The smallest absolute Gasteiger partial charge is 0.273 e. The monoisotopic (exact) mass is 488 g/mol. The van der Waals surface area contributed by atoms with Gasteiger partial charge in [0.25, 0.3) is 15.9 Å². The molecule has 0 spiro atoms. The SMILES string of the molecule is CCN(Cc1ccc2c(c1)OCO2)C(=O)COc1ccc(N(C)S(=O)(=O)c2cccs2)cc1. The minimum absolute atomic E-state index is 0.124. The first kappa shape index (κ1) is 22.9. The normalized spacial score (nSPS) is 12.4. The lowest BCUT2D eigenvalue weighted by atomic mass is 10.2. The molecule has 0 aliphatic carbocycles. The van der Waals surface area contributed by atoms with E-state index in [9.17, 15) is 13.2 Å². The van der Waals surface area contributed by atoms with Crippen LogP contribution in [0.1, 0.15) is 12.5 Å². The Kier molecular flexibility index (Phi) is 6.75. The summed E-state index contributed by atoms with van der Waals surface area (Å²) in [5, 5.41) is 1.72. The molecular weight excluding hydrogens is 464 g/mol. The van der Waals surface area contributed by atoms with Gasteiger partial charge >= 0.3 is 0 Å². The van der Waals surface area contributed by atoms with Gasteiger partial charge < -0.3 is 19.1 Å². The summed E-state index contributed by atoms with van der Waals surface area (Å²) in [4.78, 5) is 14.4. The minimum Gasteiger partial charge on any atom is -0.484 e. The van der Waals surface area contributed by atoms with Crippen LogP contribution in [0.25, 0.3) is 0 Å². The van der Waals surface area contributed by atoms with Gasteiger partial charge in [-0.3, -0.25) is 9.10 Å². The van der Waals surface area contributed by atoms with Crippen molar-refractivity contribution >= 4 is 33.0 Å². The van der Waals surface area contributed by atoms with Gasteiger partial charge in [-0.05, 0) is 60.3 Å². The number of benzene rings is 2. The largest absolute Gasteiger partial charge is 0.484 e. The topological polar surface area (TPSA) is 85.4 Å². The number of carbonyl (C=O) groups is 1. The van der Waals surface area contributed by atoms with Crippen LogP contribution in [0.15, 0.2) is 64.2 Å². The fraction of sp³-hybridized carbons (Fsp3) is 0.261. The minimum atomic E-state index is -3.60. The predicted molar refractivity (Wildman–Crippen MR) is 126 cm³/mol. The molecule has 10 heteroatoms. The molecule has 0 radical (unpaired) electrons. The molecule has 0 saturated heterocycles. The number of rotatable bonds is 9. The third kappa shape index (κ3) is 5.07. The van der Waals surface area contributed by atoms with E-state index in [1.165, 1.54) is 22.7 Å². The summed E-state index contributed by atoms with van der Waals surface area (Å²) in [7, 11) is -2.10. The maximum Gasteiger partial charge on any atom is 0.273 e. The Hall–Kier alpha value is -3.24. The number of amides is 1. The molecule has 8 nitrogen and oxygen atoms in total. The van der Waals surface area contributed by atoms with Crippen LogP contribution in [0.3, 0.4) is 0 Å². The first-order valence-corrected chi connectivity index (χ1v) is 12.6. The summed E-state index contributed by atoms with van der Waals surface area (Å²) >= 11 is 1.17. The second kappa shape index (κ2) is 9.72. The highest BCUT2D eigenvalue weighted by Crippen LogP contribution is 2.33. The molecule has 0 unspecified atom stereocenters. The van der Waals surface area contributed by atoms with Crippen LogP contribution in [0.4, 0.5) is 5.69 Å². The first-order chi connectivity index (χ1) is 15.9. The number of anilines is 1. The molecule has 0 atom stereocenters. The molecule has 33 heavy (non-hydrogen) atoms. The maximum atomic E-state index is 12.7. The number of thiophene rings is 1. The summed E-state index contributed by atoms with van der Waals surface area (Å²) in [6.07, 6.45) is 0. The quantitative estimate of drug-likeness (QED) is 0.456. The third-order valence-electron chi connectivity index (χ3n) is 5.22. The van der Waals surface area contributed by atoms with Crippen molar-refractivity contribution in [2.45, 2.75) is 17.7 Å². The van der Waals surface area contributed by atoms with Crippen molar-refractivity contribution < 1.29 is 27.4 Å². The van der Waals surface area contributed by atoms with E-state index < -0.39 is 10.0 Å². The summed E-state index contributed by atoms with van der Waals surface area (Å²) in [5.41, 5.74) is 1.44. The predicted octanol–water partition coefficient (Wildman–Crippen LogP) is 3.73. The van der Waals surface area contributed by atoms with Gasteiger partial charge in [-0.1, -0.05) is 12.1 Å². The molecule has 3 aromatic rings. The van der Waals surface area contributed by atoms with Gasteiger partial charge in [0, 0.05) is 20.1 Å². The molecule has 4 rings (SSSR count). The van der Waals surface area contributed by atoms with Gasteiger partial charge in [0.15, 0.2) is 18.1 Å². The maximum absolute atomic E-state index is 12.7.